The fraction of sp³-hybridized carbons (Fsp3) is 0.571. The Morgan fingerprint density at radius 3 is 3.00 bits per heavy atom. The van der Waals surface area contributed by atoms with Gasteiger partial charge in [0.2, 0.25) is 0 Å². The summed E-state index contributed by atoms with van der Waals surface area (Å²) in [4.78, 5) is 2.16. The molecule has 1 unspecified atom stereocenters. The molecule has 0 amide bonds. The number of nitrogens with one attached hydrogen (secondary N) is 1. The third-order valence-corrected chi connectivity index (χ3v) is 3.20. The summed E-state index contributed by atoms with van der Waals surface area (Å²) < 4.78 is 23.9. The minimum atomic E-state index is -0.312. The average molecular weight is 268 g/mol. The van der Waals surface area contributed by atoms with Crippen LogP contribution in [0.3, 0.4) is 0 Å². The first kappa shape index (κ1) is 14.2. The first-order chi connectivity index (χ1) is 9.19. The monoisotopic (exact) mass is 268 g/mol. The Morgan fingerprint density at radius 1 is 1.53 bits per heavy atom. The lowest BCUT2D eigenvalue weighted by Crippen LogP contribution is -2.47. The van der Waals surface area contributed by atoms with Crippen molar-refractivity contribution in [3.05, 3.63) is 29.6 Å². The Balaban J connectivity index is 1.87. The first-order valence-corrected chi connectivity index (χ1v) is 6.51. The largest absolute Gasteiger partial charge is 0.494 e. The maximum atomic E-state index is 13.6. The third-order valence-electron chi connectivity index (χ3n) is 3.20. The zero-order valence-electron chi connectivity index (χ0n) is 11.5. The molecule has 19 heavy (non-hydrogen) atoms. The fourth-order valence-electron chi connectivity index (χ4n) is 2.30. The van der Waals surface area contributed by atoms with E-state index in [4.69, 9.17) is 9.47 Å². The van der Waals surface area contributed by atoms with E-state index >= 15 is 0 Å². The number of benzene rings is 1. The summed E-state index contributed by atoms with van der Waals surface area (Å²) in [6, 6.07) is 5.44. The SMILES string of the molecule is COc1ccc(CN(C)CC2COCCN2)cc1F. The van der Waals surface area contributed by atoms with Crippen LogP contribution in [0.5, 0.6) is 5.75 Å². The van der Waals surface area contributed by atoms with Crippen LogP contribution in [0.15, 0.2) is 18.2 Å². The van der Waals surface area contributed by atoms with Gasteiger partial charge in [-0.05, 0) is 24.7 Å². The highest BCUT2D eigenvalue weighted by Gasteiger charge is 2.15. The molecule has 1 fully saturated rings. The van der Waals surface area contributed by atoms with Crippen LogP contribution in [0.2, 0.25) is 0 Å². The van der Waals surface area contributed by atoms with E-state index in [0.29, 0.717) is 12.6 Å². The van der Waals surface area contributed by atoms with Gasteiger partial charge in [0.25, 0.3) is 0 Å². The molecule has 1 atom stereocenters. The lowest BCUT2D eigenvalue weighted by atomic mass is 10.2. The predicted octanol–water partition coefficient (Wildman–Crippen LogP) is 1.25. The molecular weight excluding hydrogens is 247 g/mol. The van der Waals surface area contributed by atoms with Crippen molar-refractivity contribution in [2.24, 2.45) is 0 Å². The molecule has 0 aliphatic carbocycles. The van der Waals surface area contributed by atoms with Crippen molar-refractivity contribution >= 4 is 0 Å². The number of halogens is 1. The number of hydrogen-bond acceptors (Lipinski definition) is 4. The molecule has 2 rings (SSSR count). The summed E-state index contributed by atoms with van der Waals surface area (Å²) in [5.74, 6) is -0.0266. The molecule has 5 heteroatoms. The van der Waals surface area contributed by atoms with E-state index in [2.05, 4.69) is 10.2 Å². The molecule has 0 radical (unpaired) electrons. The summed E-state index contributed by atoms with van der Waals surface area (Å²) in [5, 5.41) is 3.40. The van der Waals surface area contributed by atoms with E-state index in [0.717, 1.165) is 31.9 Å². The van der Waals surface area contributed by atoms with E-state index in [1.54, 1.807) is 6.07 Å². The minimum absolute atomic E-state index is 0.286. The molecule has 1 heterocycles. The highest BCUT2D eigenvalue weighted by atomic mass is 19.1. The smallest absolute Gasteiger partial charge is 0.165 e. The number of hydrogen-bond donors (Lipinski definition) is 1. The Morgan fingerprint density at radius 2 is 2.37 bits per heavy atom. The van der Waals surface area contributed by atoms with Crippen molar-refractivity contribution in [3.8, 4) is 5.75 Å². The lowest BCUT2D eigenvalue weighted by molar-refractivity contribution is 0.0645. The van der Waals surface area contributed by atoms with Crippen LogP contribution in [-0.2, 0) is 11.3 Å². The second-order valence-electron chi connectivity index (χ2n) is 4.89. The molecule has 0 saturated carbocycles. The quantitative estimate of drug-likeness (QED) is 0.871. The van der Waals surface area contributed by atoms with Gasteiger partial charge >= 0.3 is 0 Å². The number of rotatable bonds is 5. The average Bonchev–Trinajstić information content (AvgIpc) is 2.40. The lowest BCUT2D eigenvalue weighted by Gasteiger charge is -2.28. The van der Waals surface area contributed by atoms with Gasteiger partial charge in [-0.15, -0.1) is 0 Å². The van der Waals surface area contributed by atoms with Crippen LogP contribution in [0, 0.1) is 5.82 Å². The predicted molar refractivity (Wildman–Crippen MR) is 71.9 cm³/mol. The van der Waals surface area contributed by atoms with Gasteiger partial charge in [-0.2, -0.15) is 0 Å². The van der Waals surface area contributed by atoms with Gasteiger partial charge in [0.05, 0.1) is 20.3 Å². The van der Waals surface area contributed by atoms with Crippen molar-refractivity contribution < 1.29 is 13.9 Å². The fourth-order valence-corrected chi connectivity index (χ4v) is 2.30. The molecule has 4 nitrogen and oxygen atoms in total. The zero-order valence-corrected chi connectivity index (χ0v) is 11.5. The molecule has 106 valence electrons. The Bertz CT molecular complexity index is 408. The first-order valence-electron chi connectivity index (χ1n) is 6.51. The Hall–Kier alpha value is -1.17. The molecule has 0 bridgehead atoms. The van der Waals surface area contributed by atoms with E-state index < -0.39 is 0 Å². The maximum absolute atomic E-state index is 13.6. The van der Waals surface area contributed by atoms with E-state index in [9.17, 15) is 4.39 Å². The van der Waals surface area contributed by atoms with Crippen molar-refractivity contribution in [2.45, 2.75) is 12.6 Å². The molecule has 1 N–H and O–H groups in total. The van der Waals surface area contributed by atoms with E-state index in [-0.39, 0.29) is 11.6 Å². The highest BCUT2D eigenvalue weighted by molar-refractivity contribution is 5.29. The molecule has 1 aromatic carbocycles. The van der Waals surface area contributed by atoms with Crippen molar-refractivity contribution in [2.75, 3.05) is 40.5 Å². The number of ether oxygens (including phenoxy) is 2. The number of morpholine rings is 1. The zero-order chi connectivity index (χ0) is 13.7. The molecular formula is C14H21FN2O2. The van der Waals surface area contributed by atoms with E-state index in [1.165, 1.54) is 13.2 Å². The number of likely N-dealkylation sites (N-methyl/N-ethyl adjacent to an activating group) is 1. The van der Waals surface area contributed by atoms with Crippen LogP contribution in [0.1, 0.15) is 5.56 Å². The van der Waals surface area contributed by atoms with Crippen LogP contribution in [-0.4, -0.2) is 51.4 Å². The number of nitrogens with zero attached hydrogens (tertiary/aromatic N) is 1. The van der Waals surface area contributed by atoms with Gasteiger partial charge in [-0.25, -0.2) is 4.39 Å². The van der Waals surface area contributed by atoms with Gasteiger partial charge in [0, 0.05) is 25.7 Å². The molecule has 1 aromatic rings. The van der Waals surface area contributed by atoms with Gasteiger partial charge < -0.3 is 19.7 Å². The van der Waals surface area contributed by atoms with Crippen LogP contribution < -0.4 is 10.1 Å². The maximum Gasteiger partial charge on any atom is 0.165 e. The highest BCUT2D eigenvalue weighted by Crippen LogP contribution is 2.18. The summed E-state index contributed by atoms with van der Waals surface area (Å²) in [6.45, 7) is 4.01. The second kappa shape index (κ2) is 6.84. The number of methoxy groups -OCH3 is 1. The Kier molecular flexibility index (Phi) is 5.13. The van der Waals surface area contributed by atoms with Crippen molar-refractivity contribution in [1.29, 1.82) is 0 Å². The summed E-state index contributed by atoms with van der Waals surface area (Å²) in [7, 11) is 3.50. The van der Waals surface area contributed by atoms with Gasteiger partial charge in [0.15, 0.2) is 11.6 Å². The minimum Gasteiger partial charge on any atom is -0.494 e. The Labute approximate surface area is 113 Å². The summed E-state index contributed by atoms with van der Waals surface area (Å²) in [5.41, 5.74) is 0.942. The van der Waals surface area contributed by atoms with Gasteiger partial charge in [-0.1, -0.05) is 6.07 Å². The molecule has 1 aliphatic heterocycles. The van der Waals surface area contributed by atoms with Crippen LogP contribution in [0.25, 0.3) is 0 Å². The third kappa shape index (κ3) is 4.16. The molecule has 1 aliphatic rings. The summed E-state index contributed by atoms with van der Waals surface area (Å²) in [6.07, 6.45) is 0. The van der Waals surface area contributed by atoms with Crippen LogP contribution in [0.4, 0.5) is 4.39 Å². The van der Waals surface area contributed by atoms with Gasteiger partial charge in [-0.3, -0.25) is 0 Å². The topological polar surface area (TPSA) is 33.7 Å². The molecule has 1 saturated heterocycles. The van der Waals surface area contributed by atoms with E-state index in [1.807, 2.05) is 13.1 Å². The molecule has 0 aromatic heterocycles. The molecule has 0 spiro atoms. The van der Waals surface area contributed by atoms with Crippen molar-refractivity contribution in [1.82, 2.24) is 10.2 Å². The standard InChI is InChI=1S/C14H21FN2O2/c1-17(9-12-10-19-6-5-16-12)8-11-3-4-14(18-2)13(15)7-11/h3-4,7,12,16H,5-6,8-10H2,1-2H3. The second-order valence-corrected chi connectivity index (χ2v) is 4.89. The van der Waals surface area contributed by atoms with Crippen LogP contribution >= 0.6 is 0 Å². The van der Waals surface area contributed by atoms with Gasteiger partial charge in [0.1, 0.15) is 0 Å². The normalized spacial score (nSPS) is 19.7. The summed E-state index contributed by atoms with van der Waals surface area (Å²) >= 11 is 0. The van der Waals surface area contributed by atoms with Crippen molar-refractivity contribution in [3.63, 3.8) is 0 Å².